The molecule has 2 heterocycles. The highest BCUT2D eigenvalue weighted by molar-refractivity contribution is 5.76. The van der Waals surface area contributed by atoms with Gasteiger partial charge in [-0.05, 0) is 25.0 Å². The monoisotopic (exact) mass is 319 g/mol. The molecular formula is C18H25NO4. The van der Waals surface area contributed by atoms with Crippen LogP contribution in [0.2, 0.25) is 0 Å². The van der Waals surface area contributed by atoms with E-state index in [2.05, 4.69) is 0 Å². The number of hydrogen-bond acceptors (Lipinski definition) is 4. The Bertz CT molecular complexity index is 530. The summed E-state index contributed by atoms with van der Waals surface area (Å²) in [4.78, 5) is 14.4. The van der Waals surface area contributed by atoms with Gasteiger partial charge < -0.3 is 19.1 Å². The largest absolute Gasteiger partial charge is 0.494 e. The minimum atomic E-state index is -0.418. The highest BCUT2D eigenvalue weighted by Gasteiger charge is 2.40. The lowest BCUT2D eigenvalue weighted by Crippen LogP contribution is -2.47. The van der Waals surface area contributed by atoms with E-state index in [0.717, 1.165) is 24.2 Å². The fourth-order valence-electron chi connectivity index (χ4n) is 3.29. The van der Waals surface area contributed by atoms with Crippen molar-refractivity contribution in [3.63, 3.8) is 0 Å². The zero-order chi connectivity index (χ0) is 16.1. The number of likely N-dealkylation sites (tertiary alicyclic amines) is 1. The third-order valence-corrected chi connectivity index (χ3v) is 4.57. The first-order chi connectivity index (χ1) is 11.2. The molecule has 126 valence electrons. The third-order valence-electron chi connectivity index (χ3n) is 4.57. The van der Waals surface area contributed by atoms with Gasteiger partial charge >= 0.3 is 0 Å². The van der Waals surface area contributed by atoms with Crippen LogP contribution < -0.4 is 4.74 Å². The van der Waals surface area contributed by atoms with Crippen molar-refractivity contribution < 1.29 is 19.0 Å². The van der Waals surface area contributed by atoms with E-state index in [4.69, 9.17) is 14.2 Å². The third kappa shape index (κ3) is 3.85. The van der Waals surface area contributed by atoms with E-state index in [1.807, 2.05) is 36.1 Å². The van der Waals surface area contributed by atoms with E-state index < -0.39 is 5.79 Å². The molecule has 5 nitrogen and oxygen atoms in total. The first-order valence-corrected chi connectivity index (χ1v) is 8.49. The fraction of sp³-hybridized carbons (Fsp3) is 0.611. The van der Waals surface area contributed by atoms with Gasteiger partial charge in [0.2, 0.25) is 5.91 Å². The number of amides is 1. The van der Waals surface area contributed by atoms with Crippen molar-refractivity contribution in [2.45, 2.75) is 38.4 Å². The number of nitrogens with zero attached hydrogens (tertiary/aromatic N) is 1. The molecule has 1 amide bonds. The number of ether oxygens (including phenoxy) is 3. The van der Waals surface area contributed by atoms with Crippen LogP contribution in [0.1, 0.15) is 31.7 Å². The van der Waals surface area contributed by atoms with E-state index >= 15 is 0 Å². The topological polar surface area (TPSA) is 48.0 Å². The summed E-state index contributed by atoms with van der Waals surface area (Å²) in [7, 11) is 0. The van der Waals surface area contributed by atoms with E-state index in [1.165, 1.54) is 0 Å². The molecule has 3 rings (SSSR count). The lowest BCUT2D eigenvalue weighted by atomic mass is 10.0. The number of benzene rings is 1. The predicted molar refractivity (Wildman–Crippen MR) is 86.4 cm³/mol. The van der Waals surface area contributed by atoms with E-state index in [0.29, 0.717) is 45.8 Å². The van der Waals surface area contributed by atoms with Gasteiger partial charge in [-0.25, -0.2) is 0 Å². The summed E-state index contributed by atoms with van der Waals surface area (Å²) >= 11 is 0. The maximum atomic E-state index is 12.4. The second kappa shape index (κ2) is 7.32. The Hall–Kier alpha value is -1.59. The average molecular weight is 319 g/mol. The van der Waals surface area contributed by atoms with Crippen LogP contribution >= 0.6 is 0 Å². The Kier molecular flexibility index (Phi) is 5.18. The SMILES string of the molecule is CCOc1ccccc1CCC(=O)N1CCC2(CC1)OCCO2. The summed E-state index contributed by atoms with van der Waals surface area (Å²) in [5, 5.41) is 0. The lowest BCUT2D eigenvalue weighted by Gasteiger charge is -2.37. The first kappa shape index (κ1) is 16.3. The lowest BCUT2D eigenvalue weighted by molar-refractivity contribution is -0.187. The molecular weight excluding hydrogens is 294 g/mol. The van der Waals surface area contributed by atoms with Crippen molar-refractivity contribution in [1.82, 2.24) is 4.90 Å². The van der Waals surface area contributed by atoms with Gasteiger partial charge in [-0.1, -0.05) is 18.2 Å². The van der Waals surface area contributed by atoms with Gasteiger partial charge in [-0.3, -0.25) is 4.79 Å². The number of carbonyl (C=O) groups excluding carboxylic acids is 1. The van der Waals surface area contributed by atoms with Gasteiger partial charge in [-0.2, -0.15) is 0 Å². The normalized spacial score (nSPS) is 20.0. The Morgan fingerprint density at radius 2 is 1.91 bits per heavy atom. The Balaban J connectivity index is 1.50. The van der Waals surface area contributed by atoms with Crippen LogP contribution in [0, 0.1) is 0 Å². The van der Waals surface area contributed by atoms with Crippen LogP contribution in [0.4, 0.5) is 0 Å². The molecule has 0 saturated carbocycles. The summed E-state index contributed by atoms with van der Waals surface area (Å²) < 4.78 is 17.0. The quantitative estimate of drug-likeness (QED) is 0.836. The summed E-state index contributed by atoms with van der Waals surface area (Å²) in [6, 6.07) is 7.94. The summed E-state index contributed by atoms with van der Waals surface area (Å²) in [5.41, 5.74) is 1.10. The minimum Gasteiger partial charge on any atom is -0.494 e. The van der Waals surface area contributed by atoms with Crippen LogP contribution in [0.5, 0.6) is 5.75 Å². The molecule has 2 fully saturated rings. The van der Waals surface area contributed by atoms with Crippen LogP contribution in [0.25, 0.3) is 0 Å². The average Bonchev–Trinajstić information content (AvgIpc) is 3.03. The van der Waals surface area contributed by atoms with Crippen LogP contribution in [0.15, 0.2) is 24.3 Å². The van der Waals surface area contributed by atoms with Crippen molar-refractivity contribution >= 4 is 5.91 Å². The second-order valence-electron chi connectivity index (χ2n) is 6.03. The van der Waals surface area contributed by atoms with E-state index in [-0.39, 0.29) is 5.91 Å². The molecule has 1 aromatic rings. The number of carbonyl (C=O) groups is 1. The second-order valence-corrected chi connectivity index (χ2v) is 6.03. The molecule has 0 aliphatic carbocycles. The van der Waals surface area contributed by atoms with Gasteiger partial charge in [0.1, 0.15) is 5.75 Å². The Labute approximate surface area is 137 Å². The van der Waals surface area contributed by atoms with Crippen LogP contribution in [0.3, 0.4) is 0 Å². The van der Waals surface area contributed by atoms with Crippen molar-refractivity contribution in [2.24, 2.45) is 0 Å². The van der Waals surface area contributed by atoms with Crippen molar-refractivity contribution in [1.29, 1.82) is 0 Å². The van der Waals surface area contributed by atoms with Crippen LogP contribution in [-0.2, 0) is 20.7 Å². The first-order valence-electron chi connectivity index (χ1n) is 8.49. The van der Waals surface area contributed by atoms with E-state index in [1.54, 1.807) is 0 Å². The maximum absolute atomic E-state index is 12.4. The molecule has 0 radical (unpaired) electrons. The number of hydrogen-bond donors (Lipinski definition) is 0. The highest BCUT2D eigenvalue weighted by Crippen LogP contribution is 2.31. The highest BCUT2D eigenvalue weighted by atomic mass is 16.7. The number of para-hydroxylation sites is 1. The molecule has 1 aromatic carbocycles. The smallest absolute Gasteiger partial charge is 0.222 e. The Morgan fingerprint density at radius 1 is 1.22 bits per heavy atom. The van der Waals surface area contributed by atoms with Gasteiger partial charge in [0, 0.05) is 32.4 Å². The molecule has 0 atom stereocenters. The predicted octanol–water partition coefficient (Wildman–Crippen LogP) is 2.38. The molecule has 2 aliphatic rings. The van der Waals surface area contributed by atoms with Gasteiger partial charge in [0.25, 0.3) is 0 Å². The van der Waals surface area contributed by atoms with Gasteiger partial charge in [0.05, 0.1) is 19.8 Å². The van der Waals surface area contributed by atoms with Crippen molar-refractivity contribution in [3.8, 4) is 5.75 Å². The minimum absolute atomic E-state index is 0.198. The van der Waals surface area contributed by atoms with Gasteiger partial charge in [-0.15, -0.1) is 0 Å². The number of rotatable bonds is 5. The van der Waals surface area contributed by atoms with Gasteiger partial charge in [0.15, 0.2) is 5.79 Å². The molecule has 2 aliphatic heterocycles. The Morgan fingerprint density at radius 3 is 2.61 bits per heavy atom. The van der Waals surface area contributed by atoms with Crippen LogP contribution in [-0.4, -0.2) is 49.5 Å². The molecule has 0 aromatic heterocycles. The standard InChI is InChI=1S/C18H25NO4/c1-2-21-16-6-4-3-5-15(16)7-8-17(20)19-11-9-18(10-12-19)22-13-14-23-18/h3-6H,2,7-14H2,1H3. The zero-order valence-electron chi connectivity index (χ0n) is 13.8. The van der Waals surface area contributed by atoms with Crippen molar-refractivity contribution in [3.05, 3.63) is 29.8 Å². The molecule has 0 bridgehead atoms. The molecule has 23 heavy (non-hydrogen) atoms. The summed E-state index contributed by atoms with van der Waals surface area (Å²) in [6.45, 7) is 5.38. The summed E-state index contributed by atoms with van der Waals surface area (Å²) in [6.07, 6.45) is 2.77. The summed E-state index contributed by atoms with van der Waals surface area (Å²) in [5.74, 6) is 0.663. The maximum Gasteiger partial charge on any atom is 0.222 e. The molecule has 2 saturated heterocycles. The van der Waals surface area contributed by atoms with E-state index in [9.17, 15) is 4.79 Å². The molecule has 1 spiro atoms. The molecule has 5 heteroatoms. The fourth-order valence-corrected chi connectivity index (χ4v) is 3.29. The molecule has 0 unspecified atom stereocenters. The van der Waals surface area contributed by atoms with Crippen molar-refractivity contribution in [2.75, 3.05) is 32.9 Å². The number of piperidine rings is 1. The molecule has 0 N–H and O–H groups in total. The zero-order valence-corrected chi connectivity index (χ0v) is 13.8. The number of aryl methyl sites for hydroxylation is 1.